The molecule has 0 radical (unpaired) electrons. The Labute approximate surface area is 151 Å². The number of methoxy groups -OCH3 is 2. The summed E-state index contributed by atoms with van der Waals surface area (Å²) in [5, 5.41) is 0.697. The van der Waals surface area contributed by atoms with Crippen LogP contribution in [-0.4, -0.2) is 33.6 Å². The number of aromatic nitrogens is 1. The minimum atomic E-state index is -3.93. The van der Waals surface area contributed by atoms with Crippen molar-refractivity contribution in [3.05, 3.63) is 53.7 Å². The number of benzene rings is 2. The van der Waals surface area contributed by atoms with Crippen molar-refractivity contribution in [3.8, 4) is 5.75 Å². The molecule has 0 saturated carbocycles. The molecule has 3 rings (SSSR count). The highest BCUT2D eigenvalue weighted by Crippen LogP contribution is 2.30. The van der Waals surface area contributed by atoms with Crippen molar-refractivity contribution in [1.29, 1.82) is 0 Å². The minimum Gasteiger partial charge on any atom is -0.495 e. The first kappa shape index (κ1) is 17.8. The number of ether oxygens (including phenoxy) is 2. The molecule has 0 aliphatic heterocycles. The third-order valence-electron chi connectivity index (χ3n) is 3.89. The molecule has 0 atom stereocenters. The van der Waals surface area contributed by atoms with Crippen molar-refractivity contribution < 1.29 is 22.7 Å². The van der Waals surface area contributed by atoms with Crippen LogP contribution in [0.3, 0.4) is 0 Å². The lowest BCUT2D eigenvalue weighted by Gasteiger charge is -2.13. The summed E-state index contributed by atoms with van der Waals surface area (Å²) in [6, 6.07) is 11.2. The summed E-state index contributed by atoms with van der Waals surface area (Å²) in [5.74, 6) is -0.327. The summed E-state index contributed by atoms with van der Waals surface area (Å²) < 4.78 is 38.2. The molecule has 0 aliphatic carbocycles. The number of anilines is 1. The predicted octanol–water partition coefficient (Wildman–Crippen LogP) is 3.07. The summed E-state index contributed by atoms with van der Waals surface area (Å²) in [6.07, 6.45) is 0. The Kier molecular flexibility index (Phi) is 4.60. The standard InChI is InChI=1S/C18H18N2O5S/c1-11-8-12-9-13(18(21)25-3)10-14(17(12)19-11)20-26(22,23)16-7-5-4-6-15(16)24-2/h4-10,19-20H,1-3H3. The Bertz CT molecular complexity index is 1090. The van der Waals surface area contributed by atoms with Crippen molar-refractivity contribution in [3.63, 3.8) is 0 Å². The van der Waals surface area contributed by atoms with E-state index < -0.39 is 16.0 Å². The number of aryl methyl sites for hydroxylation is 1. The number of hydrogen-bond acceptors (Lipinski definition) is 5. The Morgan fingerprint density at radius 3 is 2.54 bits per heavy atom. The number of hydrogen-bond donors (Lipinski definition) is 2. The summed E-state index contributed by atoms with van der Waals surface area (Å²) in [6.45, 7) is 1.84. The first-order valence-electron chi connectivity index (χ1n) is 7.73. The zero-order chi connectivity index (χ0) is 18.9. The second kappa shape index (κ2) is 6.72. The molecule has 1 heterocycles. The molecule has 0 amide bonds. The van der Waals surface area contributed by atoms with Gasteiger partial charge in [-0.3, -0.25) is 4.72 Å². The number of carbonyl (C=O) groups excluding carboxylic acids is 1. The van der Waals surface area contributed by atoms with Gasteiger partial charge >= 0.3 is 5.97 Å². The van der Waals surface area contributed by atoms with Crippen LogP contribution in [0.2, 0.25) is 0 Å². The summed E-state index contributed by atoms with van der Waals surface area (Å²) in [4.78, 5) is 15.0. The van der Waals surface area contributed by atoms with Gasteiger partial charge in [-0.25, -0.2) is 13.2 Å². The molecule has 2 aromatic carbocycles. The fourth-order valence-corrected chi connectivity index (χ4v) is 3.98. The van der Waals surface area contributed by atoms with Crippen molar-refractivity contribution >= 4 is 32.6 Å². The van der Waals surface area contributed by atoms with Crippen LogP contribution in [0.5, 0.6) is 5.75 Å². The zero-order valence-corrected chi connectivity index (χ0v) is 15.3. The number of esters is 1. The number of H-pyrrole nitrogens is 1. The van der Waals surface area contributed by atoms with Crippen LogP contribution >= 0.6 is 0 Å². The normalized spacial score (nSPS) is 11.3. The molecule has 0 unspecified atom stereocenters. The van der Waals surface area contributed by atoms with Crippen LogP contribution in [0.15, 0.2) is 47.4 Å². The van der Waals surface area contributed by atoms with Crippen LogP contribution in [0.1, 0.15) is 16.1 Å². The van der Waals surface area contributed by atoms with E-state index in [1.54, 1.807) is 24.3 Å². The van der Waals surface area contributed by atoms with Gasteiger partial charge in [-0.15, -0.1) is 0 Å². The average Bonchev–Trinajstić information content (AvgIpc) is 3.01. The molecule has 0 fully saturated rings. The van der Waals surface area contributed by atoms with Crippen molar-refractivity contribution in [1.82, 2.24) is 4.98 Å². The number of carbonyl (C=O) groups is 1. The van der Waals surface area contributed by atoms with E-state index in [1.807, 2.05) is 13.0 Å². The quantitative estimate of drug-likeness (QED) is 0.669. The molecule has 2 N–H and O–H groups in total. The molecule has 0 bridgehead atoms. The van der Waals surface area contributed by atoms with Gasteiger partial charge in [0.15, 0.2) is 0 Å². The number of rotatable bonds is 5. The van der Waals surface area contributed by atoms with Gasteiger partial charge < -0.3 is 14.5 Å². The van der Waals surface area contributed by atoms with Gasteiger partial charge in [-0.05, 0) is 37.3 Å². The number of sulfonamides is 1. The third kappa shape index (κ3) is 3.23. The smallest absolute Gasteiger partial charge is 0.337 e. The maximum atomic E-state index is 12.9. The van der Waals surface area contributed by atoms with E-state index in [0.717, 1.165) is 5.69 Å². The maximum Gasteiger partial charge on any atom is 0.337 e. The summed E-state index contributed by atoms with van der Waals surface area (Å²) in [7, 11) is -1.26. The topological polar surface area (TPSA) is 97.5 Å². The molecular formula is C18H18N2O5S. The highest BCUT2D eigenvalue weighted by atomic mass is 32.2. The highest BCUT2D eigenvalue weighted by Gasteiger charge is 2.22. The zero-order valence-electron chi connectivity index (χ0n) is 14.5. The van der Waals surface area contributed by atoms with Crippen LogP contribution < -0.4 is 9.46 Å². The molecular weight excluding hydrogens is 356 g/mol. The van der Waals surface area contributed by atoms with Gasteiger partial charge in [0.25, 0.3) is 10.0 Å². The monoisotopic (exact) mass is 374 g/mol. The molecule has 0 spiro atoms. The van der Waals surface area contributed by atoms with Crippen LogP contribution in [0.25, 0.3) is 10.9 Å². The lowest BCUT2D eigenvalue weighted by molar-refractivity contribution is 0.0601. The van der Waals surface area contributed by atoms with E-state index in [2.05, 4.69) is 9.71 Å². The number of fused-ring (bicyclic) bond motifs is 1. The van der Waals surface area contributed by atoms with Gasteiger partial charge in [0.05, 0.1) is 31.0 Å². The summed E-state index contributed by atoms with van der Waals surface area (Å²) >= 11 is 0. The average molecular weight is 374 g/mol. The number of aromatic amines is 1. The molecule has 1 aromatic heterocycles. The van der Waals surface area contributed by atoms with Gasteiger partial charge in [0.2, 0.25) is 0 Å². The van der Waals surface area contributed by atoms with E-state index in [-0.39, 0.29) is 21.9 Å². The van der Waals surface area contributed by atoms with E-state index in [4.69, 9.17) is 9.47 Å². The second-order valence-corrected chi connectivity index (χ2v) is 7.34. The number of nitrogens with one attached hydrogen (secondary N) is 2. The van der Waals surface area contributed by atoms with Gasteiger partial charge in [0, 0.05) is 11.1 Å². The highest BCUT2D eigenvalue weighted by molar-refractivity contribution is 7.92. The Morgan fingerprint density at radius 1 is 1.12 bits per heavy atom. The molecule has 0 aliphatic rings. The molecule has 26 heavy (non-hydrogen) atoms. The second-order valence-electron chi connectivity index (χ2n) is 5.69. The van der Waals surface area contributed by atoms with E-state index in [0.29, 0.717) is 10.9 Å². The molecule has 0 saturated heterocycles. The molecule has 136 valence electrons. The third-order valence-corrected chi connectivity index (χ3v) is 5.29. The Hall–Kier alpha value is -3.00. The van der Waals surface area contributed by atoms with E-state index in [9.17, 15) is 13.2 Å². The van der Waals surface area contributed by atoms with Crippen LogP contribution in [0.4, 0.5) is 5.69 Å². The lowest BCUT2D eigenvalue weighted by Crippen LogP contribution is -2.15. The van der Waals surface area contributed by atoms with Gasteiger partial charge in [-0.2, -0.15) is 0 Å². The van der Waals surface area contributed by atoms with E-state index in [1.165, 1.54) is 26.4 Å². The van der Waals surface area contributed by atoms with Gasteiger partial charge in [-0.1, -0.05) is 12.1 Å². The number of para-hydroxylation sites is 1. The van der Waals surface area contributed by atoms with Crippen molar-refractivity contribution in [2.45, 2.75) is 11.8 Å². The first-order chi connectivity index (χ1) is 12.4. The van der Waals surface area contributed by atoms with Crippen molar-refractivity contribution in [2.24, 2.45) is 0 Å². The molecule has 8 heteroatoms. The summed E-state index contributed by atoms with van der Waals surface area (Å²) in [5.41, 5.74) is 1.91. The van der Waals surface area contributed by atoms with Gasteiger partial charge in [0.1, 0.15) is 10.6 Å². The Morgan fingerprint density at radius 2 is 1.85 bits per heavy atom. The molecule has 7 nitrogen and oxygen atoms in total. The lowest BCUT2D eigenvalue weighted by atomic mass is 10.1. The van der Waals surface area contributed by atoms with E-state index >= 15 is 0 Å². The molecule has 3 aromatic rings. The first-order valence-corrected chi connectivity index (χ1v) is 9.21. The maximum absolute atomic E-state index is 12.9. The largest absolute Gasteiger partial charge is 0.495 e. The Balaban J connectivity index is 2.14. The fraction of sp³-hybridized carbons (Fsp3) is 0.167. The fourth-order valence-electron chi connectivity index (χ4n) is 2.74. The predicted molar refractivity (Wildman–Crippen MR) is 98.2 cm³/mol. The van der Waals surface area contributed by atoms with Crippen LogP contribution in [0, 0.1) is 6.92 Å². The SMILES string of the molecule is COC(=O)c1cc(NS(=O)(=O)c2ccccc2OC)c2[nH]c(C)cc2c1. The minimum absolute atomic E-state index is 0.00222. The van der Waals surface area contributed by atoms with Crippen LogP contribution in [-0.2, 0) is 14.8 Å². The van der Waals surface area contributed by atoms with Crippen molar-refractivity contribution in [2.75, 3.05) is 18.9 Å².